The molecule has 0 N–H and O–H groups in total. The molecule has 3 nitrogen and oxygen atoms in total. The van der Waals surface area contributed by atoms with E-state index in [9.17, 15) is 0 Å². The van der Waals surface area contributed by atoms with Crippen molar-refractivity contribution in [2.24, 2.45) is 5.92 Å². The maximum absolute atomic E-state index is 5.39. The van der Waals surface area contributed by atoms with Crippen LogP contribution in [0.15, 0.2) is 0 Å². The summed E-state index contributed by atoms with van der Waals surface area (Å²) >= 11 is 4.17. The van der Waals surface area contributed by atoms with Gasteiger partial charge in [0.1, 0.15) is 0 Å². The van der Waals surface area contributed by atoms with Crippen molar-refractivity contribution in [3.05, 3.63) is 0 Å². The van der Waals surface area contributed by atoms with E-state index in [1.165, 1.54) is 0 Å². The van der Waals surface area contributed by atoms with Gasteiger partial charge in [-0.2, -0.15) is 12.6 Å². The van der Waals surface area contributed by atoms with Crippen LogP contribution in [0.4, 0.5) is 0 Å². The Kier molecular flexibility index (Phi) is 11.5. The van der Waals surface area contributed by atoms with E-state index in [1.807, 2.05) is 0 Å². The normalized spacial score (nSPS) is 13.1. The molecular weight excluding hydrogens is 200 g/mol. The summed E-state index contributed by atoms with van der Waals surface area (Å²) < 4.78 is 15.6. The Morgan fingerprint density at radius 1 is 1.07 bits per heavy atom. The molecule has 14 heavy (non-hydrogen) atoms. The molecule has 86 valence electrons. The molecule has 0 aromatic heterocycles. The first-order valence-corrected chi connectivity index (χ1v) is 5.69. The van der Waals surface area contributed by atoms with E-state index in [-0.39, 0.29) is 0 Å². The predicted octanol–water partition coefficient (Wildman–Crippen LogP) is 1.62. The van der Waals surface area contributed by atoms with Gasteiger partial charge in [0.2, 0.25) is 0 Å². The van der Waals surface area contributed by atoms with Crippen LogP contribution in [0.5, 0.6) is 0 Å². The van der Waals surface area contributed by atoms with E-state index in [1.54, 1.807) is 7.11 Å². The van der Waals surface area contributed by atoms with Gasteiger partial charge in [0.25, 0.3) is 0 Å². The van der Waals surface area contributed by atoms with E-state index in [4.69, 9.17) is 14.2 Å². The number of ether oxygens (including phenoxy) is 3. The van der Waals surface area contributed by atoms with Crippen molar-refractivity contribution in [1.29, 1.82) is 0 Å². The smallest absolute Gasteiger partial charge is 0.0700 e. The summed E-state index contributed by atoms with van der Waals surface area (Å²) in [6, 6.07) is 0. The van der Waals surface area contributed by atoms with Crippen LogP contribution in [0, 0.1) is 5.92 Å². The van der Waals surface area contributed by atoms with E-state index >= 15 is 0 Å². The summed E-state index contributed by atoms with van der Waals surface area (Å²) in [4.78, 5) is 0. The summed E-state index contributed by atoms with van der Waals surface area (Å²) in [6.07, 6.45) is 0.948. The van der Waals surface area contributed by atoms with Crippen LogP contribution in [0.1, 0.15) is 13.3 Å². The number of hydrogen-bond acceptors (Lipinski definition) is 4. The molecule has 0 aromatic rings. The lowest BCUT2D eigenvalue weighted by Crippen LogP contribution is -2.12. The fraction of sp³-hybridized carbons (Fsp3) is 1.00. The van der Waals surface area contributed by atoms with Crippen LogP contribution in [-0.4, -0.2) is 45.9 Å². The van der Waals surface area contributed by atoms with Crippen LogP contribution in [0.2, 0.25) is 0 Å². The third-order valence-electron chi connectivity index (χ3n) is 1.72. The molecule has 0 aliphatic carbocycles. The van der Waals surface area contributed by atoms with Crippen molar-refractivity contribution in [2.75, 3.05) is 45.9 Å². The zero-order valence-corrected chi connectivity index (χ0v) is 10.1. The minimum Gasteiger partial charge on any atom is -0.385 e. The molecule has 0 bridgehead atoms. The highest BCUT2D eigenvalue weighted by Crippen LogP contribution is 1.97. The first-order valence-electron chi connectivity index (χ1n) is 5.06. The Hall–Kier alpha value is 0.230. The summed E-state index contributed by atoms with van der Waals surface area (Å²) in [7, 11) is 1.70. The molecule has 0 radical (unpaired) electrons. The number of thiol groups is 1. The zero-order valence-electron chi connectivity index (χ0n) is 9.20. The molecule has 0 aliphatic heterocycles. The van der Waals surface area contributed by atoms with Crippen molar-refractivity contribution in [3.63, 3.8) is 0 Å². The molecule has 0 fully saturated rings. The lowest BCUT2D eigenvalue weighted by molar-refractivity contribution is 0.0319. The van der Waals surface area contributed by atoms with Gasteiger partial charge in [0, 0.05) is 20.3 Å². The Morgan fingerprint density at radius 2 is 1.79 bits per heavy atom. The summed E-state index contributed by atoms with van der Waals surface area (Å²) in [6.45, 7) is 5.74. The van der Waals surface area contributed by atoms with Gasteiger partial charge in [0.15, 0.2) is 0 Å². The SMILES string of the molecule is COCCCOCCOCC(C)CS. The van der Waals surface area contributed by atoms with Gasteiger partial charge in [0.05, 0.1) is 19.8 Å². The highest BCUT2D eigenvalue weighted by molar-refractivity contribution is 7.80. The highest BCUT2D eigenvalue weighted by Gasteiger charge is 1.98. The largest absolute Gasteiger partial charge is 0.385 e. The van der Waals surface area contributed by atoms with Gasteiger partial charge in [-0.05, 0) is 18.1 Å². The van der Waals surface area contributed by atoms with Crippen molar-refractivity contribution >= 4 is 12.6 Å². The number of hydrogen-bond donors (Lipinski definition) is 1. The molecule has 0 aromatic carbocycles. The van der Waals surface area contributed by atoms with Gasteiger partial charge in [-0.25, -0.2) is 0 Å². The van der Waals surface area contributed by atoms with Crippen molar-refractivity contribution in [1.82, 2.24) is 0 Å². The predicted molar refractivity (Wildman–Crippen MR) is 61.1 cm³/mol. The minimum absolute atomic E-state index is 0.520. The van der Waals surface area contributed by atoms with Gasteiger partial charge in [-0.15, -0.1) is 0 Å². The second-order valence-corrected chi connectivity index (χ2v) is 3.69. The molecule has 1 atom stereocenters. The molecule has 0 aliphatic rings. The third-order valence-corrected chi connectivity index (χ3v) is 2.35. The molecule has 0 rings (SSSR count). The molecule has 1 unspecified atom stereocenters. The average Bonchev–Trinajstić information content (AvgIpc) is 2.21. The summed E-state index contributed by atoms with van der Waals surface area (Å²) in [5.41, 5.74) is 0. The maximum atomic E-state index is 5.39. The molecule has 0 saturated carbocycles. The number of methoxy groups -OCH3 is 1. The van der Waals surface area contributed by atoms with E-state index in [0.717, 1.165) is 32.0 Å². The van der Waals surface area contributed by atoms with Crippen LogP contribution < -0.4 is 0 Å². The lowest BCUT2D eigenvalue weighted by atomic mass is 10.2. The van der Waals surface area contributed by atoms with Crippen molar-refractivity contribution in [3.8, 4) is 0 Å². The van der Waals surface area contributed by atoms with E-state index in [0.29, 0.717) is 19.1 Å². The maximum Gasteiger partial charge on any atom is 0.0700 e. The van der Waals surface area contributed by atoms with Crippen LogP contribution >= 0.6 is 12.6 Å². The Labute approximate surface area is 92.5 Å². The molecule has 0 heterocycles. The molecule has 0 amide bonds. The van der Waals surface area contributed by atoms with E-state index < -0.39 is 0 Å². The third kappa shape index (κ3) is 10.3. The zero-order chi connectivity index (χ0) is 10.6. The Morgan fingerprint density at radius 3 is 2.43 bits per heavy atom. The fourth-order valence-corrected chi connectivity index (χ4v) is 0.968. The van der Waals surface area contributed by atoms with E-state index in [2.05, 4.69) is 19.6 Å². The fourth-order valence-electron chi connectivity index (χ4n) is 0.862. The second-order valence-electron chi connectivity index (χ2n) is 3.32. The highest BCUT2D eigenvalue weighted by atomic mass is 32.1. The van der Waals surface area contributed by atoms with Crippen LogP contribution in [-0.2, 0) is 14.2 Å². The molecule has 4 heteroatoms. The quantitative estimate of drug-likeness (QED) is 0.450. The topological polar surface area (TPSA) is 27.7 Å². The second kappa shape index (κ2) is 11.3. The summed E-state index contributed by atoms with van der Waals surface area (Å²) in [5.74, 6) is 1.39. The van der Waals surface area contributed by atoms with Gasteiger partial charge in [-0.1, -0.05) is 6.92 Å². The lowest BCUT2D eigenvalue weighted by Gasteiger charge is -2.09. The molecule has 0 saturated heterocycles. The van der Waals surface area contributed by atoms with Gasteiger partial charge < -0.3 is 14.2 Å². The number of rotatable bonds is 10. The Balaban J connectivity index is 2.92. The summed E-state index contributed by atoms with van der Waals surface area (Å²) in [5, 5.41) is 0. The minimum atomic E-state index is 0.520. The van der Waals surface area contributed by atoms with Crippen molar-refractivity contribution < 1.29 is 14.2 Å². The standard InChI is InChI=1S/C10H22O3S/c1-10(9-14)8-13-7-6-12-5-3-4-11-2/h10,14H,3-9H2,1-2H3. The average molecular weight is 222 g/mol. The van der Waals surface area contributed by atoms with Crippen molar-refractivity contribution in [2.45, 2.75) is 13.3 Å². The monoisotopic (exact) mass is 222 g/mol. The molecular formula is C10H22O3S. The Bertz CT molecular complexity index is 112. The first kappa shape index (κ1) is 14.2. The first-order chi connectivity index (χ1) is 6.81. The van der Waals surface area contributed by atoms with Gasteiger partial charge in [-0.3, -0.25) is 0 Å². The van der Waals surface area contributed by atoms with Gasteiger partial charge >= 0.3 is 0 Å². The molecule has 0 spiro atoms. The van der Waals surface area contributed by atoms with Crippen LogP contribution in [0.3, 0.4) is 0 Å². The van der Waals surface area contributed by atoms with Crippen LogP contribution in [0.25, 0.3) is 0 Å².